The summed E-state index contributed by atoms with van der Waals surface area (Å²) in [5.41, 5.74) is 1.84. The van der Waals surface area contributed by atoms with Crippen LogP contribution in [0, 0.1) is 22.3 Å². The minimum atomic E-state index is -0.281. The molecule has 0 spiro atoms. The molecule has 3 heterocycles. The Morgan fingerprint density at radius 3 is 0.608 bits per heavy atom. The van der Waals surface area contributed by atoms with Crippen molar-refractivity contribution >= 4 is 52.5 Å². The van der Waals surface area contributed by atoms with E-state index in [1.165, 1.54) is 49.3 Å². The van der Waals surface area contributed by atoms with Gasteiger partial charge in [-0.3, -0.25) is 28.8 Å². The van der Waals surface area contributed by atoms with Crippen LogP contribution >= 0.6 is 0 Å². The van der Waals surface area contributed by atoms with E-state index >= 15 is 0 Å². The monoisotopic (exact) mass is 919 g/mol. The first kappa shape index (κ1) is 57.9. The van der Waals surface area contributed by atoms with Crippen molar-refractivity contribution in [2.24, 2.45) is 0 Å². The Labute approximate surface area is 380 Å². The topological polar surface area (TPSA) is 112 Å². The van der Waals surface area contributed by atoms with Gasteiger partial charge in [0.15, 0.2) is 0 Å². The number of rotatable bonds is 3. The fourth-order valence-corrected chi connectivity index (χ4v) is 3.70. The molecule has 0 N–H and O–H groups in total. The molecule has 0 atom stereocenters. The molecule has 0 saturated heterocycles. The second-order valence-electron chi connectivity index (χ2n) is 9.46. The predicted octanol–water partition coefficient (Wildman–Crippen LogP) is 7.52. The Kier molecular flexibility index (Phi) is 36.7. The van der Waals surface area contributed by atoms with Crippen molar-refractivity contribution in [3.05, 3.63) is 150 Å². The van der Waals surface area contributed by atoms with Gasteiger partial charge in [-0.05, 0) is 36.4 Å². The number of benzene rings is 3. The molecule has 0 fully saturated rings. The molecule has 0 unspecified atom stereocenters. The van der Waals surface area contributed by atoms with E-state index in [0.29, 0.717) is 17.1 Å². The van der Waals surface area contributed by atoms with Gasteiger partial charge in [-0.15, -0.1) is 0 Å². The fourth-order valence-electron chi connectivity index (χ4n) is 3.70. The maximum absolute atomic E-state index is 11.2. The van der Waals surface area contributed by atoms with E-state index in [1.54, 1.807) is 72.8 Å². The number of carbonyl (C=O) groups excluding carboxylic acids is 6. The van der Waals surface area contributed by atoms with E-state index in [0.717, 1.165) is 14.7 Å². The maximum Gasteiger partial charge on any atom is 0.258 e. The quantitative estimate of drug-likeness (QED) is 0.199. The third kappa shape index (κ3) is 18.8. The molecule has 6 rings (SSSR count). The smallest absolute Gasteiger partial charge is 0.258 e. The SMILES string of the molecule is CCC.CCC.O=C1C=CC(=O)N1c1ccccc1.O=C1C=CC(=O)N1c1ccccc1.O=C1C=CC(=O)N1c1ccccc1.[CH3-].[CH3-].[CH3-].[Y].[Y].[Y]. The van der Waals surface area contributed by atoms with Gasteiger partial charge >= 0.3 is 0 Å². The van der Waals surface area contributed by atoms with Crippen molar-refractivity contribution in [3.8, 4) is 0 Å². The molecule has 6 amide bonds. The summed E-state index contributed by atoms with van der Waals surface area (Å²) in [4.78, 5) is 70.6. The van der Waals surface area contributed by atoms with Crippen LogP contribution in [-0.4, -0.2) is 35.4 Å². The summed E-state index contributed by atoms with van der Waals surface area (Å²) in [5.74, 6) is -1.69. The molecule has 3 aromatic carbocycles. The summed E-state index contributed by atoms with van der Waals surface area (Å²) in [6, 6.07) is 26.6. The van der Waals surface area contributed by atoms with Gasteiger partial charge in [0.2, 0.25) is 0 Å². The Bertz CT molecular complexity index is 1320. The molecular weight excluding hydrogens is 873 g/mol. The number of imide groups is 3. The van der Waals surface area contributed by atoms with Crippen molar-refractivity contribution in [2.75, 3.05) is 14.7 Å². The van der Waals surface area contributed by atoms with Crippen LogP contribution in [0.2, 0.25) is 0 Å². The predicted molar refractivity (Wildman–Crippen MR) is 195 cm³/mol. The molecule has 0 aromatic heterocycles. The first-order valence-electron chi connectivity index (χ1n) is 14.5. The van der Waals surface area contributed by atoms with E-state index in [1.807, 2.05) is 18.2 Å². The summed E-state index contributed by atoms with van der Waals surface area (Å²) in [7, 11) is 0. The van der Waals surface area contributed by atoms with Crippen molar-refractivity contribution in [2.45, 2.75) is 40.5 Å². The fraction of sp³-hybridized carbons (Fsp3) is 0.154. The number of para-hydroxylation sites is 3. The standard InChI is InChI=1S/3C10H7NO2.2C3H8.3CH3.3Y/c3*12-9-6-7-10(13)11(9)8-4-2-1-3-5-8;2*1-3-2;;;;;;/h3*1-7H;2*3H2,1-2H3;3*1H3;;;/q;;;;;3*-1;;;. The third-order valence-electron chi connectivity index (χ3n) is 5.47. The average Bonchev–Trinajstić information content (AvgIpc) is 3.69. The van der Waals surface area contributed by atoms with E-state index in [2.05, 4.69) is 27.7 Å². The van der Waals surface area contributed by atoms with Crippen LogP contribution in [0.15, 0.2) is 127 Å². The number of amides is 6. The molecule has 3 aromatic rings. The minimum Gasteiger partial charge on any atom is -0.358 e. The molecular formula is C39H46N3O6Y3-3. The largest absolute Gasteiger partial charge is 0.358 e. The van der Waals surface area contributed by atoms with Gasteiger partial charge in [-0.1, -0.05) is 95.1 Å². The van der Waals surface area contributed by atoms with Gasteiger partial charge < -0.3 is 22.3 Å². The van der Waals surface area contributed by atoms with Gasteiger partial charge in [-0.25, -0.2) is 14.7 Å². The van der Waals surface area contributed by atoms with Crippen molar-refractivity contribution < 1.29 is 127 Å². The summed E-state index contributed by atoms with van der Waals surface area (Å²) >= 11 is 0. The zero-order valence-electron chi connectivity index (χ0n) is 30.6. The molecule has 0 aliphatic carbocycles. The Morgan fingerprint density at radius 1 is 0.333 bits per heavy atom. The van der Waals surface area contributed by atoms with E-state index in [-0.39, 0.29) is 156 Å². The van der Waals surface area contributed by atoms with Crippen LogP contribution in [0.3, 0.4) is 0 Å². The minimum absolute atomic E-state index is 0. The third-order valence-corrected chi connectivity index (χ3v) is 5.47. The summed E-state index contributed by atoms with van der Waals surface area (Å²) < 4.78 is 0. The molecule has 0 saturated carbocycles. The Morgan fingerprint density at radius 2 is 0.471 bits per heavy atom. The first-order valence-corrected chi connectivity index (χ1v) is 14.5. The van der Waals surface area contributed by atoms with Crippen molar-refractivity contribution in [1.82, 2.24) is 0 Å². The molecule has 265 valence electrons. The zero-order valence-corrected chi connectivity index (χ0v) is 39.1. The molecule has 3 aliphatic heterocycles. The number of anilines is 3. The molecule has 51 heavy (non-hydrogen) atoms. The van der Waals surface area contributed by atoms with Gasteiger partial charge in [0, 0.05) is 135 Å². The van der Waals surface area contributed by atoms with Crippen LogP contribution in [0.1, 0.15) is 40.5 Å². The van der Waals surface area contributed by atoms with Crippen LogP contribution in [-0.2, 0) is 127 Å². The van der Waals surface area contributed by atoms with Gasteiger partial charge in [0.25, 0.3) is 35.4 Å². The van der Waals surface area contributed by atoms with E-state index < -0.39 is 0 Å². The maximum atomic E-state index is 11.2. The van der Waals surface area contributed by atoms with Crippen molar-refractivity contribution in [3.63, 3.8) is 0 Å². The molecule has 3 radical (unpaired) electrons. The van der Waals surface area contributed by atoms with Crippen molar-refractivity contribution in [1.29, 1.82) is 0 Å². The molecule has 9 nitrogen and oxygen atoms in total. The summed E-state index contributed by atoms with van der Waals surface area (Å²) in [6.07, 6.45) is 10.1. The Hall–Kier alpha value is -2.39. The van der Waals surface area contributed by atoms with Gasteiger partial charge in [0.05, 0.1) is 17.1 Å². The number of hydrogen-bond donors (Lipinski definition) is 0. The van der Waals surface area contributed by atoms with E-state index in [9.17, 15) is 28.8 Å². The van der Waals surface area contributed by atoms with Crippen LogP contribution in [0.25, 0.3) is 0 Å². The number of nitrogens with zero attached hydrogens (tertiary/aromatic N) is 3. The van der Waals surface area contributed by atoms with Gasteiger partial charge in [-0.2, -0.15) is 0 Å². The van der Waals surface area contributed by atoms with Crippen LogP contribution in [0.4, 0.5) is 17.1 Å². The van der Waals surface area contributed by atoms with Crippen LogP contribution in [0.5, 0.6) is 0 Å². The average molecular weight is 920 g/mol. The zero-order chi connectivity index (χ0) is 33.2. The second kappa shape index (κ2) is 32.3. The second-order valence-corrected chi connectivity index (χ2v) is 9.46. The summed E-state index contributed by atoms with van der Waals surface area (Å²) in [5, 5.41) is 0. The van der Waals surface area contributed by atoms with Gasteiger partial charge in [0.1, 0.15) is 0 Å². The summed E-state index contributed by atoms with van der Waals surface area (Å²) in [6.45, 7) is 8.50. The first-order chi connectivity index (χ1) is 21.7. The normalized spacial score (nSPS) is 12.6. The van der Waals surface area contributed by atoms with Crippen LogP contribution < -0.4 is 14.7 Å². The number of carbonyl (C=O) groups is 6. The Balaban J connectivity index is -0.000000182. The molecule has 0 bridgehead atoms. The van der Waals surface area contributed by atoms with E-state index in [4.69, 9.17) is 0 Å². The molecule has 3 aliphatic rings. The molecule has 12 heteroatoms. The number of hydrogen-bond acceptors (Lipinski definition) is 6.